The van der Waals surface area contributed by atoms with Gasteiger partial charge in [-0.3, -0.25) is 0 Å². The first-order chi connectivity index (χ1) is 9.83. The number of ether oxygens (including phenoxy) is 3. The van der Waals surface area contributed by atoms with Crippen LogP contribution in [0.3, 0.4) is 0 Å². The Hall–Kier alpha value is -1.26. The maximum absolute atomic E-state index is 5.92. The Morgan fingerprint density at radius 2 is 1.95 bits per heavy atom. The van der Waals surface area contributed by atoms with E-state index in [1.165, 1.54) is 0 Å². The Balaban J connectivity index is 2.70. The molecule has 4 heteroatoms. The summed E-state index contributed by atoms with van der Waals surface area (Å²) in [5.74, 6) is 1.70. The lowest BCUT2D eigenvalue weighted by Gasteiger charge is -2.16. The van der Waals surface area contributed by atoms with Crippen LogP contribution in [0.25, 0.3) is 0 Å². The third kappa shape index (κ3) is 5.80. The summed E-state index contributed by atoms with van der Waals surface area (Å²) in [4.78, 5) is 0. The molecular weight excluding hydrogens is 254 g/mol. The first-order valence-electron chi connectivity index (χ1n) is 7.40. The minimum atomic E-state index is 0.644. The molecule has 0 atom stereocenters. The summed E-state index contributed by atoms with van der Waals surface area (Å²) in [6.45, 7) is 7.80. The van der Waals surface area contributed by atoms with Crippen LogP contribution >= 0.6 is 0 Å². The average molecular weight is 281 g/mol. The van der Waals surface area contributed by atoms with Crippen LogP contribution in [0.5, 0.6) is 11.5 Å². The molecule has 0 saturated carbocycles. The average Bonchev–Trinajstić information content (AvgIpc) is 2.46. The summed E-state index contributed by atoms with van der Waals surface area (Å²) in [7, 11) is 1.71. The van der Waals surface area contributed by atoms with Gasteiger partial charge in [0.05, 0.1) is 19.8 Å². The Kier molecular flexibility index (Phi) is 8.83. The molecule has 20 heavy (non-hydrogen) atoms. The largest absolute Gasteiger partial charge is 0.490 e. The molecule has 0 bridgehead atoms. The van der Waals surface area contributed by atoms with Crippen LogP contribution in [0, 0.1) is 0 Å². The molecule has 0 unspecified atom stereocenters. The molecule has 0 amide bonds. The normalized spacial score (nSPS) is 10.6. The Bertz CT molecular complexity index is 369. The number of benzene rings is 1. The van der Waals surface area contributed by atoms with E-state index < -0.39 is 0 Å². The first kappa shape index (κ1) is 16.8. The molecule has 0 aromatic heterocycles. The third-order valence-electron chi connectivity index (χ3n) is 2.90. The summed E-state index contributed by atoms with van der Waals surface area (Å²) < 4.78 is 16.6. The molecule has 0 aliphatic rings. The van der Waals surface area contributed by atoms with Crippen molar-refractivity contribution in [3.63, 3.8) is 0 Å². The predicted molar refractivity (Wildman–Crippen MR) is 81.6 cm³/mol. The lowest BCUT2D eigenvalue weighted by atomic mass is 10.2. The zero-order valence-electron chi connectivity index (χ0n) is 12.9. The highest BCUT2D eigenvalue weighted by atomic mass is 16.5. The number of para-hydroxylation sites is 1. The molecule has 0 aliphatic heterocycles. The predicted octanol–water partition coefficient (Wildman–Crippen LogP) is 3.00. The van der Waals surface area contributed by atoms with E-state index >= 15 is 0 Å². The van der Waals surface area contributed by atoms with Crippen molar-refractivity contribution in [1.82, 2.24) is 5.32 Å². The van der Waals surface area contributed by atoms with Gasteiger partial charge in [0.1, 0.15) is 0 Å². The topological polar surface area (TPSA) is 39.7 Å². The Morgan fingerprint density at radius 3 is 2.65 bits per heavy atom. The van der Waals surface area contributed by atoms with Crippen LogP contribution in [0.1, 0.15) is 32.3 Å². The van der Waals surface area contributed by atoms with Gasteiger partial charge in [-0.25, -0.2) is 0 Å². The maximum Gasteiger partial charge on any atom is 0.165 e. The second-order valence-electron chi connectivity index (χ2n) is 4.55. The van der Waals surface area contributed by atoms with Crippen LogP contribution < -0.4 is 14.8 Å². The summed E-state index contributed by atoms with van der Waals surface area (Å²) in [5.41, 5.74) is 1.13. The van der Waals surface area contributed by atoms with Crippen LogP contribution in [0.15, 0.2) is 18.2 Å². The van der Waals surface area contributed by atoms with E-state index in [0.29, 0.717) is 13.2 Å². The molecule has 0 saturated heterocycles. The lowest BCUT2D eigenvalue weighted by Crippen LogP contribution is -2.19. The minimum Gasteiger partial charge on any atom is -0.490 e. The fraction of sp³-hybridized carbons (Fsp3) is 0.625. The molecule has 1 rings (SSSR count). The van der Waals surface area contributed by atoms with Crippen molar-refractivity contribution < 1.29 is 14.2 Å². The second-order valence-corrected chi connectivity index (χ2v) is 4.55. The molecular formula is C16H27NO3. The number of hydrogen-bond donors (Lipinski definition) is 1. The van der Waals surface area contributed by atoms with E-state index in [0.717, 1.165) is 49.6 Å². The third-order valence-corrected chi connectivity index (χ3v) is 2.90. The summed E-state index contributed by atoms with van der Waals surface area (Å²) in [6, 6.07) is 6.04. The number of hydrogen-bond acceptors (Lipinski definition) is 4. The second kappa shape index (κ2) is 10.5. The number of methoxy groups -OCH3 is 1. The zero-order chi connectivity index (χ0) is 14.6. The summed E-state index contributed by atoms with van der Waals surface area (Å²) in [5, 5.41) is 3.34. The van der Waals surface area contributed by atoms with E-state index in [9.17, 15) is 0 Å². The fourth-order valence-electron chi connectivity index (χ4n) is 1.85. The quantitative estimate of drug-likeness (QED) is 0.633. The lowest BCUT2D eigenvalue weighted by molar-refractivity contribution is 0.199. The van der Waals surface area contributed by atoms with Crippen LogP contribution in [0.2, 0.25) is 0 Å². The highest BCUT2D eigenvalue weighted by Gasteiger charge is 2.10. The van der Waals surface area contributed by atoms with E-state index in [-0.39, 0.29) is 0 Å². The molecule has 1 aromatic rings. The molecule has 0 radical (unpaired) electrons. The van der Waals surface area contributed by atoms with Crippen molar-refractivity contribution in [3.05, 3.63) is 23.8 Å². The van der Waals surface area contributed by atoms with Crippen molar-refractivity contribution in [2.24, 2.45) is 0 Å². The van der Waals surface area contributed by atoms with Crippen molar-refractivity contribution in [2.75, 3.05) is 33.5 Å². The molecule has 0 heterocycles. The van der Waals surface area contributed by atoms with Gasteiger partial charge in [0, 0.05) is 25.8 Å². The highest BCUT2D eigenvalue weighted by Crippen LogP contribution is 2.31. The van der Waals surface area contributed by atoms with Gasteiger partial charge in [0.25, 0.3) is 0 Å². The Morgan fingerprint density at radius 1 is 1.10 bits per heavy atom. The maximum atomic E-state index is 5.92. The number of rotatable bonds is 11. The van der Waals surface area contributed by atoms with Gasteiger partial charge in [-0.2, -0.15) is 0 Å². The smallest absolute Gasteiger partial charge is 0.165 e. The molecule has 0 aliphatic carbocycles. The van der Waals surface area contributed by atoms with E-state index in [2.05, 4.69) is 18.3 Å². The summed E-state index contributed by atoms with van der Waals surface area (Å²) in [6.07, 6.45) is 2.18. The zero-order valence-corrected chi connectivity index (χ0v) is 12.9. The van der Waals surface area contributed by atoms with E-state index in [4.69, 9.17) is 14.2 Å². The standard InChI is InChI=1S/C16H27NO3/c1-4-6-11-20-16-14(13-17-10-12-18-3)8-7-9-15(16)19-5-2/h7-9,17H,4-6,10-13H2,1-3H3. The van der Waals surface area contributed by atoms with Crippen LogP contribution in [-0.4, -0.2) is 33.5 Å². The molecule has 1 aromatic carbocycles. The minimum absolute atomic E-state index is 0.644. The summed E-state index contributed by atoms with van der Waals surface area (Å²) >= 11 is 0. The van der Waals surface area contributed by atoms with Crippen molar-refractivity contribution in [3.8, 4) is 11.5 Å². The molecule has 0 spiro atoms. The monoisotopic (exact) mass is 281 g/mol. The van der Waals surface area contributed by atoms with Gasteiger partial charge in [-0.15, -0.1) is 0 Å². The molecule has 114 valence electrons. The molecule has 0 fully saturated rings. The van der Waals surface area contributed by atoms with Gasteiger partial charge in [0.15, 0.2) is 11.5 Å². The van der Waals surface area contributed by atoms with Gasteiger partial charge >= 0.3 is 0 Å². The number of unbranched alkanes of at least 4 members (excludes halogenated alkanes) is 1. The van der Waals surface area contributed by atoms with Crippen molar-refractivity contribution >= 4 is 0 Å². The highest BCUT2D eigenvalue weighted by molar-refractivity contribution is 5.46. The van der Waals surface area contributed by atoms with Crippen LogP contribution in [0.4, 0.5) is 0 Å². The molecule has 1 N–H and O–H groups in total. The Labute approximate surface area is 122 Å². The van der Waals surface area contributed by atoms with Crippen LogP contribution in [-0.2, 0) is 11.3 Å². The van der Waals surface area contributed by atoms with Gasteiger partial charge in [-0.05, 0) is 19.4 Å². The van der Waals surface area contributed by atoms with E-state index in [1.54, 1.807) is 7.11 Å². The molecule has 4 nitrogen and oxygen atoms in total. The van der Waals surface area contributed by atoms with Gasteiger partial charge in [0.2, 0.25) is 0 Å². The fourth-order valence-corrected chi connectivity index (χ4v) is 1.85. The SMILES string of the molecule is CCCCOc1c(CNCCOC)cccc1OCC. The van der Waals surface area contributed by atoms with Crippen molar-refractivity contribution in [1.29, 1.82) is 0 Å². The van der Waals surface area contributed by atoms with Gasteiger partial charge < -0.3 is 19.5 Å². The van der Waals surface area contributed by atoms with Gasteiger partial charge in [-0.1, -0.05) is 25.5 Å². The number of nitrogens with one attached hydrogen (secondary N) is 1. The first-order valence-corrected chi connectivity index (χ1v) is 7.40. The van der Waals surface area contributed by atoms with Crippen molar-refractivity contribution in [2.45, 2.75) is 33.2 Å². The van der Waals surface area contributed by atoms with E-state index in [1.807, 2.05) is 19.1 Å².